The van der Waals surface area contributed by atoms with Crippen molar-refractivity contribution in [1.82, 2.24) is 4.98 Å². The van der Waals surface area contributed by atoms with Crippen LogP contribution in [0.15, 0.2) is 42.6 Å². The fourth-order valence-corrected chi connectivity index (χ4v) is 3.95. The number of nitrogens with zero attached hydrogens (tertiary/aromatic N) is 1. The van der Waals surface area contributed by atoms with Crippen molar-refractivity contribution in [1.29, 1.82) is 0 Å². The lowest BCUT2D eigenvalue weighted by Crippen LogP contribution is -2.39. The quantitative estimate of drug-likeness (QED) is 0.584. The SMILES string of the molecule is COC(=O)c1ccc(NC(=O)C(C)(CC2CCCC2)c2ccc(N)cc2)nc1. The normalized spacial score (nSPS) is 16.4. The number of carbonyl (C=O) groups excluding carboxylic acids is 2. The van der Waals surface area contributed by atoms with Crippen molar-refractivity contribution in [3.8, 4) is 0 Å². The maximum Gasteiger partial charge on any atom is 0.339 e. The van der Waals surface area contributed by atoms with Gasteiger partial charge in [0.2, 0.25) is 5.91 Å². The van der Waals surface area contributed by atoms with Gasteiger partial charge in [0, 0.05) is 11.9 Å². The molecule has 1 aliphatic carbocycles. The summed E-state index contributed by atoms with van der Waals surface area (Å²) in [4.78, 5) is 29.0. The number of nitrogens with two attached hydrogens (primary N) is 1. The molecule has 0 saturated heterocycles. The maximum atomic E-state index is 13.3. The molecule has 3 N–H and O–H groups in total. The van der Waals surface area contributed by atoms with E-state index in [2.05, 4.69) is 15.0 Å². The van der Waals surface area contributed by atoms with Crippen LogP contribution in [-0.4, -0.2) is 24.0 Å². The molecule has 1 unspecified atom stereocenters. The van der Waals surface area contributed by atoms with Gasteiger partial charge in [0.05, 0.1) is 18.1 Å². The number of benzene rings is 1. The summed E-state index contributed by atoms with van der Waals surface area (Å²) in [5.74, 6) is 0.370. The zero-order valence-electron chi connectivity index (χ0n) is 16.4. The van der Waals surface area contributed by atoms with Gasteiger partial charge < -0.3 is 15.8 Å². The zero-order chi connectivity index (χ0) is 20.1. The molecule has 3 rings (SSSR count). The second kappa shape index (κ2) is 8.42. The molecule has 2 aromatic rings. The molecular weight excluding hydrogens is 354 g/mol. The summed E-state index contributed by atoms with van der Waals surface area (Å²) in [6.07, 6.45) is 6.94. The zero-order valence-corrected chi connectivity index (χ0v) is 16.4. The number of esters is 1. The predicted molar refractivity (Wildman–Crippen MR) is 109 cm³/mol. The van der Waals surface area contributed by atoms with Crippen molar-refractivity contribution >= 4 is 23.4 Å². The third-order valence-corrected chi connectivity index (χ3v) is 5.65. The number of hydrogen-bond acceptors (Lipinski definition) is 5. The Morgan fingerprint density at radius 3 is 2.43 bits per heavy atom. The van der Waals surface area contributed by atoms with Crippen molar-refractivity contribution in [2.75, 3.05) is 18.2 Å². The molecule has 1 atom stereocenters. The van der Waals surface area contributed by atoms with Crippen LogP contribution in [0, 0.1) is 5.92 Å². The van der Waals surface area contributed by atoms with E-state index in [-0.39, 0.29) is 5.91 Å². The van der Waals surface area contributed by atoms with Crippen LogP contribution in [0.25, 0.3) is 0 Å². The monoisotopic (exact) mass is 381 g/mol. The Hall–Kier alpha value is -2.89. The summed E-state index contributed by atoms with van der Waals surface area (Å²) < 4.78 is 4.68. The molecule has 0 aliphatic heterocycles. The number of rotatable bonds is 6. The minimum Gasteiger partial charge on any atom is -0.465 e. The minimum absolute atomic E-state index is 0.109. The Morgan fingerprint density at radius 2 is 1.86 bits per heavy atom. The van der Waals surface area contributed by atoms with Crippen LogP contribution in [0.3, 0.4) is 0 Å². The van der Waals surface area contributed by atoms with Crippen LogP contribution in [-0.2, 0) is 14.9 Å². The van der Waals surface area contributed by atoms with Crippen molar-refractivity contribution in [2.45, 2.75) is 44.4 Å². The molecule has 148 valence electrons. The molecule has 0 bridgehead atoms. The third kappa shape index (κ3) is 4.32. The molecule has 1 saturated carbocycles. The van der Waals surface area contributed by atoms with Gasteiger partial charge in [-0.2, -0.15) is 0 Å². The summed E-state index contributed by atoms with van der Waals surface area (Å²) in [6.45, 7) is 1.98. The summed E-state index contributed by atoms with van der Waals surface area (Å²) in [5.41, 5.74) is 7.10. The van der Waals surface area contributed by atoms with E-state index >= 15 is 0 Å². The highest BCUT2D eigenvalue weighted by Crippen LogP contribution is 2.39. The van der Waals surface area contributed by atoms with E-state index in [1.165, 1.54) is 26.1 Å². The van der Waals surface area contributed by atoms with Crippen molar-refractivity contribution < 1.29 is 14.3 Å². The van der Waals surface area contributed by atoms with Gasteiger partial charge in [-0.3, -0.25) is 4.79 Å². The predicted octanol–water partition coefficient (Wildman–Crippen LogP) is 3.93. The first-order valence-electron chi connectivity index (χ1n) is 9.64. The number of hydrogen-bond donors (Lipinski definition) is 2. The number of nitrogen functional groups attached to an aromatic ring is 1. The molecule has 6 nitrogen and oxygen atoms in total. The molecule has 1 amide bonds. The van der Waals surface area contributed by atoms with E-state index < -0.39 is 11.4 Å². The largest absolute Gasteiger partial charge is 0.465 e. The molecule has 1 heterocycles. The third-order valence-electron chi connectivity index (χ3n) is 5.65. The Kier molecular flexibility index (Phi) is 5.97. The summed E-state index contributed by atoms with van der Waals surface area (Å²) in [7, 11) is 1.32. The molecule has 1 aromatic carbocycles. The maximum absolute atomic E-state index is 13.3. The first kappa shape index (κ1) is 19.9. The topological polar surface area (TPSA) is 94.3 Å². The molecule has 1 fully saturated rings. The molecule has 1 aliphatic rings. The van der Waals surface area contributed by atoms with Crippen molar-refractivity contribution in [3.63, 3.8) is 0 Å². The lowest BCUT2D eigenvalue weighted by atomic mass is 9.74. The molecule has 28 heavy (non-hydrogen) atoms. The summed E-state index contributed by atoms with van der Waals surface area (Å²) in [5, 5.41) is 2.92. The van der Waals surface area contributed by atoms with Gasteiger partial charge in [0.1, 0.15) is 5.82 Å². The van der Waals surface area contributed by atoms with Crippen LogP contribution in [0.2, 0.25) is 0 Å². The number of anilines is 2. The second-order valence-corrected chi connectivity index (χ2v) is 7.69. The fraction of sp³-hybridized carbons (Fsp3) is 0.409. The van der Waals surface area contributed by atoms with Gasteiger partial charge in [-0.25, -0.2) is 9.78 Å². The Bertz CT molecular complexity index is 827. The number of carbonyl (C=O) groups is 2. The molecule has 6 heteroatoms. The lowest BCUT2D eigenvalue weighted by molar-refractivity contribution is -0.121. The highest BCUT2D eigenvalue weighted by Gasteiger charge is 2.38. The minimum atomic E-state index is -0.689. The van der Waals surface area contributed by atoms with Gasteiger partial charge in [0.25, 0.3) is 0 Å². The van der Waals surface area contributed by atoms with Crippen LogP contribution >= 0.6 is 0 Å². The molecule has 1 aromatic heterocycles. The second-order valence-electron chi connectivity index (χ2n) is 7.69. The summed E-state index contributed by atoms with van der Waals surface area (Å²) >= 11 is 0. The lowest BCUT2D eigenvalue weighted by Gasteiger charge is -2.31. The Morgan fingerprint density at radius 1 is 1.18 bits per heavy atom. The molecule has 0 spiro atoms. The molecule has 0 radical (unpaired) electrons. The highest BCUT2D eigenvalue weighted by molar-refractivity contribution is 5.98. The van der Waals surface area contributed by atoms with E-state index in [0.29, 0.717) is 23.0 Å². The number of pyridine rings is 1. The van der Waals surface area contributed by atoms with Crippen LogP contribution in [0.4, 0.5) is 11.5 Å². The number of ether oxygens (including phenoxy) is 1. The number of amides is 1. The number of nitrogens with one attached hydrogen (secondary N) is 1. The van der Waals surface area contributed by atoms with Gasteiger partial charge in [-0.1, -0.05) is 37.8 Å². The van der Waals surface area contributed by atoms with Crippen LogP contribution < -0.4 is 11.1 Å². The smallest absolute Gasteiger partial charge is 0.339 e. The van der Waals surface area contributed by atoms with E-state index in [9.17, 15) is 9.59 Å². The number of methoxy groups -OCH3 is 1. The van der Waals surface area contributed by atoms with Crippen LogP contribution in [0.1, 0.15) is 54.9 Å². The van der Waals surface area contributed by atoms with Gasteiger partial charge in [-0.05, 0) is 49.1 Å². The Balaban J connectivity index is 1.83. The average Bonchev–Trinajstić information content (AvgIpc) is 3.21. The van der Waals surface area contributed by atoms with E-state index in [0.717, 1.165) is 24.8 Å². The number of aromatic nitrogens is 1. The standard InChI is InChI=1S/C22H27N3O3/c1-22(13-15-5-3-4-6-15,17-8-10-18(23)11-9-17)21(27)25-19-12-7-16(14-24-19)20(26)28-2/h7-12,14-15H,3-6,13,23H2,1-2H3,(H,24,25,27). The fourth-order valence-electron chi connectivity index (χ4n) is 3.95. The van der Waals surface area contributed by atoms with Gasteiger partial charge in [0.15, 0.2) is 0 Å². The molecular formula is C22H27N3O3. The van der Waals surface area contributed by atoms with E-state index in [4.69, 9.17) is 5.73 Å². The first-order valence-corrected chi connectivity index (χ1v) is 9.64. The van der Waals surface area contributed by atoms with Crippen molar-refractivity contribution in [2.24, 2.45) is 5.92 Å². The van der Waals surface area contributed by atoms with Crippen molar-refractivity contribution in [3.05, 3.63) is 53.7 Å². The van der Waals surface area contributed by atoms with Gasteiger partial charge >= 0.3 is 5.97 Å². The highest BCUT2D eigenvalue weighted by atomic mass is 16.5. The van der Waals surface area contributed by atoms with Gasteiger partial charge in [-0.15, -0.1) is 0 Å². The Labute approximate surface area is 165 Å². The average molecular weight is 381 g/mol. The van der Waals surface area contributed by atoms with E-state index in [1.54, 1.807) is 12.1 Å². The summed E-state index contributed by atoms with van der Waals surface area (Å²) in [6, 6.07) is 10.7. The van der Waals surface area contributed by atoms with E-state index in [1.807, 2.05) is 31.2 Å². The van der Waals surface area contributed by atoms with Crippen LogP contribution in [0.5, 0.6) is 0 Å². The first-order chi connectivity index (χ1) is 13.4.